The van der Waals surface area contributed by atoms with Crippen LogP contribution in [0.3, 0.4) is 0 Å². The van der Waals surface area contributed by atoms with E-state index >= 15 is 0 Å². The van der Waals surface area contributed by atoms with Crippen molar-refractivity contribution in [3.8, 4) is 5.75 Å². The molecule has 0 aliphatic heterocycles. The molecule has 0 aliphatic rings. The first-order valence-corrected chi connectivity index (χ1v) is 8.51. The molecule has 21 heavy (non-hydrogen) atoms. The summed E-state index contributed by atoms with van der Waals surface area (Å²) in [4.78, 5) is 0.271. The molecule has 0 unspecified atom stereocenters. The molecule has 0 aliphatic carbocycles. The molecule has 0 heterocycles. The molecule has 0 aromatic heterocycles. The van der Waals surface area contributed by atoms with Gasteiger partial charge in [-0.2, -0.15) is 4.31 Å². The first-order chi connectivity index (χ1) is 9.93. The number of methoxy groups -OCH3 is 1. The first-order valence-electron chi connectivity index (χ1n) is 6.28. The van der Waals surface area contributed by atoms with Gasteiger partial charge in [0.25, 0.3) is 0 Å². The van der Waals surface area contributed by atoms with E-state index in [0.29, 0.717) is 6.54 Å². The second-order valence-corrected chi connectivity index (χ2v) is 7.53. The van der Waals surface area contributed by atoms with Gasteiger partial charge in [-0.15, -0.1) is 0 Å². The quantitative estimate of drug-likeness (QED) is 0.812. The lowest BCUT2D eigenvalue weighted by Crippen LogP contribution is -2.26. The highest BCUT2D eigenvalue weighted by Crippen LogP contribution is 2.21. The summed E-state index contributed by atoms with van der Waals surface area (Å²) in [5, 5.41) is 0. The van der Waals surface area contributed by atoms with E-state index < -0.39 is 10.0 Å². The Hall–Kier alpha value is -1.37. The Labute approximate surface area is 133 Å². The van der Waals surface area contributed by atoms with Gasteiger partial charge in [0.05, 0.1) is 12.0 Å². The van der Waals surface area contributed by atoms with Crippen molar-refractivity contribution in [3.63, 3.8) is 0 Å². The number of halogens is 1. The smallest absolute Gasteiger partial charge is 0.243 e. The standard InChI is InChI=1S/C15H16BrNO3S/c1-17(11-12-6-8-14(20-2)9-7-12)21(18,19)15-5-3-4-13(16)10-15/h3-10H,11H2,1-2H3. The third kappa shape index (κ3) is 3.84. The molecule has 2 rings (SSSR count). The largest absolute Gasteiger partial charge is 0.497 e. The number of sulfonamides is 1. The highest BCUT2D eigenvalue weighted by atomic mass is 79.9. The Kier molecular flexibility index (Phi) is 5.03. The zero-order valence-electron chi connectivity index (χ0n) is 11.8. The van der Waals surface area contributed by atoms with Crippen LogP contribution in [0.5, 0.6) is 5.75 Å². The Morgan fingerprint density at radius 1 is 1.14 bits per heavy atom. The summed E-state index contributed by atoms with van der Waals surface area (Å²) in [5.74, 6) is 0.747. The average molecular weight is 370 g/mol. The molecule has 0 atom stereocenters. The molecule has 0 bridgehead atoms. The van der Waals surface area contributed by atoms with E-state index in [1.54, 1.807) is 38.4 Å². The Morgan fingerprint density at radius 3 is 2.38 bits per heavy atom. The van der Waals surface area contributed by atoms with Gasteiger partial charge in [-0.3, -0.25) is 0 Å². The summed E-state index contributed by atoms with van der Waals surface area (Å²) in [6, 6.07) is 14.0. The molecule has 0 N–H and O–H groups in total. The van der Waals surface area contributed by atoms with Gasteiger partial charge in [-0.25, -0.2) is 8.42 Å². The van der Waals surface area contributed by atoms with E-state index in [9.17, 15) is 8.42 Å². The summed E-state index contributed by atoms with van der Waals surface area (Å²) >= 11 is 3.29. The number of hydrogen-bond acceptors (Lipinski definition) is 3. The van der Waals surface area contributed by atoms with Crippen molar-refractivity contribution in [1.29, 1.82) is 0 Å². The van der Waals surface area contributed by atoms with Crippen molar-refractivity contribution in [3.05, 3.63) is 58.6 Å². The lowest BCUT2D eigenvalue weighted by Gasteiger charge is -2.17. The van der Waals surface area contributed by atoms with Crippen LogP contribution in [-0.2, 0) is 16.6 Å². The maximum Gasteiger partial charge on any atom is 0.243 e. The van der Waals surface area contributed by atoms with E-state index in [2.05, 4.69) is 15.9 Å². The number of nitrogens with zero attached hydrogens (tertiary/aromatic N) is 1. The molecule has 2 aromatic rings. The molecular formula is C15H16BrNO3S. The zero-order chi connectivity index (χ0) is 15.5. The van der Waals surface area contributed by atoms with Crippen LogP contribution >= 0.6 is 15.9 Å². The molecule has 2 aromatic carbocycles. The molecule has 0 radical (unpaired) electrons. The highest BCUT2D eigenvalue weighted by Gasteiger charge is 2.20. The van der Waals surface area contributed by atoms with E-state index in [1.165, 1.54) is 4.31 Å². The number of hydrogen-bond donors (Lipinski definition) is 0. The summed E-state index contributed by atoms with van der Waals surface area (Å²) in [7, 11) is -0.337. The molecule has 4 nitrogen and oxygen atoms in total. The Bertz CT molecular complexity index is 714. The number of ether oxygens (including phenoxy) is 1. The fourth-order valence-electron chi connectivity index (χ4n) is 1.88. The van der Waals surface area contributed by atoms with Crippen molar-refractivity contribution < 1.29 is 13.2 Å². The molecule has 0 saturated carbocycles. The minimum Gasteiger partial charge on any atom is -0.497 e. The van der Waals surface area contributed by atoms with Crippen molar-refractivity contribution in [2.45, 2.75) is 11.4 Å². The van der Waals surface area contributed by atoms with Gasteiger partial charge < -0.3 is 4.74 Å². The monoisotopic (exact) mass is 369 g/mol. The van der Waals surface area contributed by atoms with E-state index in [1.807, 2.05) is 24.3 Å². The fourth-order valence-corrected chi connectivity index (χ4v) is 3.64. The molecule has 0 saturated heterocycles. The third-order valence-corrected chi connectivity index (χ3v) is 5.36. The second-order valence-electron chi connectivity index (χ2n) is 4.57. The first kappa shape index (κ1) is 16.0. The van der Waals surface area contributed by atoms with Gasteiger partial charge in [-0.1, -0.05) is 34.1 Å². The minimum absolute atomic E-state index is 0.271. The van der Waals surface area contributed by atoms with Crippen LogP contribution in [0.4, 0.5) is 0 Å². The van der Waals surface area contributed by atoms with Crippen LogP contribution in [-0.4, -0.2) is 26.9 Å². The van der Waals surface area contributed by atoms with Crippen molar-refractivity contribution in [1.82, 2.24) is 4.31 Å². The third-order valence-electron chi connectivity index (χ3n) is 3.07. The predicted octanol–water partition coefficient (Wildman–Crippen LogP) is 3.28. The Balaban J connectivity index is 2.20. The van der Waals surface area contributed by atoms with Crippen LogP contribution in [0, 0.1) is 0 Å². The molecule has 0 amide bonds. The Morgan fingerprint density at radius 2 is 1.81 bits per heavy atom. The van der Waals surface area contributed by atoms with Gasteiger partial charge in [0.15, 0.2) is 0 Å². The SMILES string of the molecule is COc1ccc(CN(C)S(=O)(=O)c2cccc(Br)c2)cc1. The number of benzene rings is 2. The van der Waals surface area contributed by atoms with Crippen molar-refractivity contribution in [2.24, 2.45) is 0 Å². The average Bonchev–Trinajstić information content (AvgIpc) is 2.48. The van der Waals surface area contributed by atoms with Crippen LogP contribution in [0.25, 0.3) is 0 Å². The van der Waals surface area contributed by atoms with Gasteiger partial charge >= 0.3 is 0 Å². The molecule has 0 fully saturated rings. The summed E-state index contributed by atoms with van der Waals surface area (Å²) in [6.45, 7) is 0.304. The van der Waals surface area contributed by atoms with Gasteiger partial charge in [0, 0.05) is 18.1 Å². The van der Waals surface area contributed by atoms with Crippen molar-refractivity contribution >= 4 is 26.0 Å². The highest BCUT2D eigenvalue weighted by molar-refractivity contribution is 9.10. The van der Waals surface area contributed by atoms with Crippen LogP contribution in [0.15, 0.2) is 57.9 Å². The lowest BCUT2D eigenvalue weighted by molar-refractivity contribution is 0.414. The normalized spacial score (nSPS) is 11.6. The zero-order valence-corrected chi connectivity index (χ0v) is 14.2. The molecule has 0 spiro atoms. The second kappa shape index (κ2) is 6.60. The van der Waals surface area contributed by atoms with Crippen molar-refractivity contribution in [2.75, 3.05) is 14.2 Å². The topological polar surface area (TPSA) is 46.6 Å². The molecule has 112 valence electrons. The fraction of sp³-hybridized carbons (Fsp3) is 0.200. The van der Waals surface area contributed by atoms with E-state index in [0.717, 1.165) is 15.8 Å². The predicted molar refractivity (Wildman–Crippen MR) is 85.8 cm³/mol. The summed E-state index contributed by atoms with van der Waals surface area (Å²) < 4.78 is 32.1. The van der Waals surface area contributed by atoms with Gasteiger partial charge in [0.2, 0.25) is 10.0 Å². The number of rotatable bonds is 5. The van der Waals surface area contributed by atoms with Gasteiger partial charge in [-0.05, 0) is 35.9 Å². The maximum atomic E-state index is 12.5. The minimum atomic E-state index is -3.50. The van der Waals surface area contributed by atoms with E-state index in [-0.39, 0.29) is 4.90 Å². The van der Waals surface area contributed by atoms with Crippen LogP contribution < -0.4 is 4.74 Å². The summed E-state index contributed by atoms with van der Waals surface area (Å²) in [5.41, 5.74) is 0.900. The molecular weight excluding hydrogens is 354 g/mol. The van der Waals surface area contributed by atoms with E-state index in [4.69, 9.17) is 4.74 Å². The maximum absolute atomic E-state index is 12.5. The lowest BCUT2D eigenvalue weighted by atomic mass is 10.2. The van der Waals surface area contributed by atoms with Gasteiger partial charge in [0.1, 0.15) is 5.75 Å². The van der Waals surface area contributed by atoms with Crippen LogP contribution in [0.2, 0.25) is 0 Å². The summed E-state index contributed by atoms with van der Waals surface area (Å²) in [6.07, 6.45) is 0. The molecule has 6 heteroatoms. The van der Waals surface area contributed by atoms with Crippen LogP contribution in [0.1, 0.15) is 5.56 Å².